The maximum Gasteiger partial charge on any atom is 0.408 e. The smallest absolute Gasteiger partial charge is 0.408 e. The van der Waals surface area contributed by atoms with Crippen molar-refractivity contribution in [1.29, 1.82) is 0 Å². The Morgan fingerprint density at radius 3 is 2.86 bits per heavy atom. The standard InChI is InChI=1S/C23H24F4N8O2/c1-36-21-20-15(13-2-3-18-19(8-13)35(32-30-18)12-23(25,26)27)4-7-34(20)31-22(29-21)28-17-5-6-33(9-16(17)24)14-10-37-11-14/h2-4,7-8,14,16-17H,5-6,9-12H2,1H3,(H,28,31)/t16-,17-/m0/s1/i1D3. The van der Waals surface area contributed by atoms with Crippen molar-refractivity contribution in [3.05, 3.63) is 30.5 Å². The maximum atomic E-state index is 15.0. The molecule has 10 nitrogen and oxygen atoms in total. The average Bonchev–Trinajstić information content (AvgIpc) is 3.42. The summed E-state index contributed by atoms with van der Waals surface area (Å²) in [5.41, 5.74) is 1.42. The largest absolute Gasteiger partial charge is 0.479 e. The molecule has 4 aromatic rings. The first-order valence-corrected chi connectivity index (χ1v) is 11.6. The summed E-state index contributed by atoms with van der Waals surface area (Å²) in [6.45, 7) is 0.734. The molecule has 2 aliphatic rings. The molecule has 5 heterocycles. The van der Waals surface area contributed by atoms with E-state index in [0.717, 1.165) is 4.68 Å². The van der Waals surface area contributed by atoms with Crippen molar-refractivity contribution in [2.24, 2.45) is 0 Å². The second-order valence-electron chi connectivity index (χ2n) is 9.17. The molecule has 6 rings (SSSR count). The summed E-state index contributed by atoms with van der Waals surface area (Å²) in [4.78, 5) is 6.32. The number of piperidine rings is 1. The Balaban J connectivity index is 1.34. The van der Waals surface area contributed by atoms with E-state index in [1.807, 2.05) is 4.90 Å². The van der Waals surface area contributed by atoms with E-state index in [1.165, 1.54) is 22.8 Å². The highest BCUT2D eigenvalue weighted by atomic mass is 19.4. The highest BCUT2D eigenvalue weighted by Gasteiger charge is 2.36. The van der Waals surface area contributed by atoms with Gasteiger partial charge in [-0.05, 0) is 30.2 Å². The van der Waals surface area contributed by atoms with E-state index in [9.17, 15) is 13.2 Å². The first-order chi connectivity index (χ1) is 18.9. The van der Waals surface area contributed by atoms with Crippen LogP contribution in [0.2, 0.25) is 0 Å². The summed E-state index contributed by atoms with van der Waals surface area (Å²) < 4.78 is 89.5. The molecule has 14 heteroatoms. The van der Waals surface area contributed by atoms with Gasteiger partial charge in [-0.15, -0.1) is 10.2 Å². The number of nitrogens with zero attached hydrogens (tertiary/aromatic N) is 7. The van der Waals surface area contributed by atoms with Crippen LogP contribution in [0.15, 0.2) is 30.5 Å². The predicted molar refractivity (Wildman–Crippen MR) is 125 cm³/mol. The number of methoxy groups -OCH3 is 1. The molecule has 0 bridgehead atoms. The van der Waals surface area contributed by atoms with Crippen molar-refractivity contribution >= 4 is 22.5 Å². The topological polar surface area (TPSA) is 94.6 Å². The van der Waals surface area contributed by atoms with Crippen molar-refractivity contribution < 1.29 is 31.1 Å². The Hall–Kier alpha value is -3.52. The van der Waals surface area contributed by atoms with Crippen molar-refractivity contribution in [2.75, 3.05) is 38.7 Å². The number of benzene rings is 1. The van der Waals surface area contributed by atoms with E-state index in [0.29, 0.717) is 37.3 Å². The van der Waals surface area contributed by atoms with Gasteiger partial charge in [0.25, 0.3) is 0 Å². The third-order valence-corrected chi connectivity index (χ3v) is 6.75. The van der Waals surface area contributed by atoms with Crippen LogP contribution in [0, 0.1) is 0 Å². The van der Waals surface area contributed by atoms with Crippen LogP contribution in [-0.2, 0) is 11.3 Å². The van der Waals surface area contributed by atoms with Gasteiger partial charge in [-0.2, -0.15) is 18.2 Å². The van der Waals surface area contributed by atoms with Crippen LogP contribution in [0.5, 0.6) is 5.88 Å². The Kier molecular flexibility index (Phi) is 5.05. The molecule has 0 amide bonds. The van der Waals surface area contributed by atoms with Crippen molar-refractivity contribution in [2.45, 2.75) is 37.4 Å². The number of hydrogen-bond acceptors (Lipinski definition) is 8. The number of aromatic nitrogens is 6. The van der Waals surface area contributed by atoms with Crippen LogP contribution >= 0.6 is 0 Å². The van der Waals surface area contributed by atoms with Gasteiger partial charge in [0.05, 0.1) is 42.0 Å². The van der Waals surface area contributed by atoms with E-state index < -0.39 is 32.0 Å². The first kappa shape index (κ1) is 20.5. The second kappa shape index (κ2) is 9.10. The van der Waals surface area contributed by atoms with Crippen molar-refractivity contribution in [3.63, 3.8) is 0 Å². The molecule has 37 heavy (non-hydrogen) atoms. The normalized spacial score (nSPS) is 23.0. The van der Waals surface area contributed by atoms with Gasteiger partial charge in [0.1, 0.15) is 23.7 Å². The molecule has 0 aliphatic carbocycles. The summed E-state index contributed by atoms with van der Waals surface area (Å²) in [7, 11) is -2.87. The number of hydrogen-bond donors (Lipinski definition) is 1. The maximum absolute atomic E-state index is 15.0. The Morgan fingerprint density at radius 2 is 2.14 bits per heavy atom. The van der Waals surface area contributed by atoms with Crippen LogP contribution in [0.4, 0.5) is 23.5 Å². The molecule has 2 saturated heterocycles. The van der Waals surface area contributed by atoms with Crippen LogP contribution in [0.1, 0.15) is 10.5 Å². The van der Waals surface area contributed by atoms with E-state index in [2.05, 4.69) is 25.7 Å². The monoisotopic (exact) mass is 523 g/mol. The Bertz CT molecular complexity index is 1540. The predicted octanol–water partition coefficient (Wildman–Crippen LogP) is 2.94. The lowest BCUT2D eigenvalue weighted by molar-refractivity contribution is -0.142. The van der Waals surface area contributed by atoms with E-state index >= 15 is 4.39 Å². The molecule has 1 aromatic carbocycles. The molecular weight excluding hydrogens is 496 g/mol. The van der Waals surface area contributed by atoms with Gasteiger partial charge in [-0.25, -0.2) is 13.6 Å². The number of anilines is 1. The minimum atomic E-state index is -4.50. The summed E-state index contributed by atoms with van der Waals surface area (Å²) in [5, 5.41) is 14.8. The summed E-state index contributed by atoms with van der Waals surface area (Å²) in [5.74, 6) is -0.316. The molecule has 2 aliphatic heterocycles. The van der Waals surface area contributed by atoms with Crippen molar-refractivity contribution in [1.82, 2.24) is 34.5 Å². The number of ether oxygens (including phenoxy) is 2. The molecule has 196 valence electrons. The second-order valence-corrected chi connectivity index (χ2v) is 9.17. The van der Waals surface area contributed by atoms with Crippen LogP contribution < -0.4 is 10.1 Å². The van der Waals surface area contributed by atoms with Gasteiger partial charge >= 0.3 is 6.18 Å². The molecule has 0 radical (unpaired) electrons. The fourth-order valence-electron chi connectivity index (χ4n) is 4.80. The third-order valence-electron chi connectivity index (χ3n) is 6.75. The zero-order valence-corrected chi connectivity index (χ0v) is 19.3. The van der Waals surface area contributed by atoms with Crippen LogP contribution in [0.25, 0.3) is 27.7 Å². The van der Waals surface area contributed by atoms with Gasteiger partial charge in [0.2, 0.25) is 11.8 Å². The molecule has 2 fully saturated rings. The number of rotatable bonds is 6. The summed E-state index contributed by atoms with van der Waals surface area (Å²) in [6.07, 6.45) is -3.71. The van der Waals surface area contributed by atoms with Gasteiger partial charge in [0.15, 0.2) is 0 Å². The molecule has 0 saturated carbocycles. The fourth-order valence-corrected chi connectivity index (χ4v) is 4.80. The zero-order chi connectivity index (χ0) is 28.2. The minimum Gasteiger partial charge on any atom is -0.479 e. The number of likely N-dealkylation sites (tertiary alicyclic amines) is 1. The van der Waals surface area contributed by atoms with E-state index in [4.69, 9.17) is 13.6 Å². The first-order valence-electron chi connectivity index (χ1n) is 13.1. The molecule has 3 aromatic heterocycles. The molecule has 1 N–H and O–H groups in total. The van der Waals surface area contributed by atoms with Crippen molar-refractivity contribution in [3.8, 4) is 17.0 Å². The SMILES string of the molecule is [2H]C([2H])([2H])Oc1nc(N[C@H]2CCN(C3COC3)C[C@@H]2F)nn2ccc(-c3ccc4nnn(CC(F)(F)F)c4c3)c12. The number of nitrogens with one attached hydrogen (secondary N) is 1. The minimum absolute atomic E-state index is 0.0233. The van der Waals surface area contributed by atoms with Gasteiger partial charge in [0, 0.05) is 24.8 Å². The van der Waals surface area contributed by atoms with Gasteiger partial charge < -0.3 is 14.8 Å². The average molecular weight is 524 g/mol. The highest BCUT2D eigenvalue weighted by molar-refractivity contribution is 5.89. The number of halogens is 4. The van der Waals surface area contributed by atoms with Crippen LogP contribution in [-0.4, -0.2) is 92.3 Å². The molecule has 0 unspecified atom stereocenters. The molecule has 2 atom stereocenters. The summed E-state index contributed by atoms with van der Waals surface area (Å²) >= 11 is 0. The molecule has 0 spiro atoms. The Labute approximate surface area is 212 Å². The van der Waals surface area contributed by atoms with Gasteiger partial charge in [-0.3, -0.25) is 4.90 Å². The zero-order valence-electron chi connectivity index (χ0n) is 22.3. The highest BCUT2D eigenvalue weighted by Crippen LogP contribution is 2.33. The van der Waals surface area contributed by atoms with E-state index in [-0.39, 0.29) is 41.0 Å². The van der Waals surface area contributed by atoms with Gasteiger partial charge in [-0.1, -0.05) is 11.3 Å². The molecular formula is C23H24F4N8O2. The summed E-state index contributed by atoms with van der Waals surface area (Å²) in [6, 6.07) is 5.82. The fraction of sp³-hybridized carbons (Fsp3) is 0.478. The number of fused-ring (bicyclic) bond motifs is 2. The lowest BCUT2D eigenvalue weighted by Gasteiger charge is -2.42. The lowest BCUT2D eigenvalue weighted by atomic mass is 10.0. The lowest BCUT2D eigenvalue weighted by Crippen LogP contribution is -2.57. The van der Waals surface area contributed by atoms with E-state index in [1.54, 1.807) is 12.1 Å². The Morgan fingerprint density at radius 1 is 1.27 bits per heavy atom. The quantitative estimate of drug-likeness (QED) is 0.386. The van der Waals surface area contributed by atoms with Crippen LogP contribution in [0.3, 0.4) is 0 Å². The third kappa shape index (κ3) is 4.55. The number of alkyl halides is 4.